The molecule has 0 spiro atoms. The van der Waals surface area contributed by atoms with E-state index in [1.807, 2.05) is 6.92 Å². The van der Waals surface area contributed by atoms with Crippen molar-refractivity contribution in [3.63, 3.8) is 0 Å². The van der Waals surface area contributed by atoms with E-state index in [0.29, 0.717) is 42.1 Å². The number of hydrogen-bond donors (Lipinski definition) is 0. The zero-order chi connectivity index (χ0) is 20.4. The average molecular weight is 391 g/mol. The van der Waals surface area contributed by atoms with Gasteiger partial charge in [0.15, 0.2) is 0 Å². The Hall–Kier alpha value is -3.47. The molecular weight excluding hydrogens is 370 g/mol. The number of aromatic nitrogens is 4. The van der Waals surface area contributed by atoms with E-state index in [4.69, 9.17) is 9.78 Å². The van der Waals surface area contributed by atoms with Crippen LogP contribution in [0.3, 0.4) is 0 Å². The Morgan fingerprint density at radius 2 is 1.97 bits per heavy atom. The monoisotopic (exact) mass is 391 g/mol. The zero-order valence-electron chi connectivity index (χ0n) is 16.2. The predicted molar refractivity (Wildman–Crippen MR) is 105 cm³/mol. The van der Waals surface area contributed by atoms with Crippen molar-refractivity contribution >= 4 is 0 Å². The standard InChI is InChI=1S/C21H21N5O3/c1-2-17-23-19(24-29-17)18-16-6-4-3-5-11-25(16)21(28)26(20(18)27)13-15-9-7-14(12-22)8-10-15/h7-10H,2-6,11,13H2,1H3. The summed E-state index contributed by atoms with van der Waals surface area (Å²) in [5, 5.41) is 13.0. The van der Waals surface area contributed by atoms with Crippen molar-refractivity contribution in [3.8, 4) is 17.5 Å². The first kappa shape index (κ1) is 18.9. The maximum atomic E-state index is 13.4. The maximum Gasteiger partial charge on any atom is 0.331 e. The summed E-state index contributed by atoms with van der Waals surface area (Å²) in [6.07, 6.45) is 3.99. The van der Waals surface area contributed by atoms with Crippen LogP contribution in [0.15, 0.2) is 38.4 Å². The van der Waals surface area contributed by atoms with Gasteiger partial charge in [0, 0.05) is 18.7 Å². The third kappa shape index (κ3) is 3.51. The van der Waals surface area contributed by atoms with Gasteiger partial charge in [-0.15, -0.1) is 0 Å². The van der Waals surface area contributed by atoms with Gasteiger partial charge in [0.25, 0.3) is 5.56 Å². The fourth-order valence-electron chi connectivity index (χ4n) is 3.70. The second-order valence-electron chi connectivity index (χ2n) is 7.13. The van der Waals surface area contributed by atoms with E-state index < -0.39 is 5.56 Å². The summed E-state index contributed by atoms with van der Waals surface area (Å²) in [5.41, 5.74) is 1.61. The normalized spacial score (nSPS) is 13.5. The molecular formula is C21H21N5O3. The number of aryl methyl sites for hydroxylation is 1. The molecule has 0 saturated carbocycles. The Kier molecular flexibility index (Phi) is 5.12. The lowest BCUT2D eigenvalue weighted by atomic mass is 10.1. The van der Waals surface area contributed by atoms with Gasteiger partial charge in [-0.3, -0.25) is 13.9 Å². The van der Waals surface area contributed by atoms with Crippen LogP contribution < -0.4 is 11.2 Å². The quantitative estimate of drug-likeness (QED) is 0.675. The van der Waals surface area contributed by atoms with Crippen LogP contribution in [0.4, 0.5) is 0 Å². The molecule has 1 aliphatic heterocycles. The van der Waals surface area contributed by atoms with E-state index in [-0.39, 0.29) is 18.1 Å². The Balaban J connectivity index is 1.90. The van der Waals surface area contributed by atoms with Gasteiger partial charge in [-0.2, -0.15) is 10.2 Å². The molecule has 4 rings (SSSR count). The third-order valence-electron chi connectivity index (χ3n) is 5.25. The van der Waals surface area contributed by atoms with E-state index in [2.05, 4.69) is 16.2 Å². The van der Waals surface area contributed by atoms with Crippen LogP contribution in [0, 0.1) is 11.3 Å². The molecule has 0 amide bonds. The van der Waals surface area contributed by atoms with E-state index >= 15 is 0 Å². The molecule has 0 N–H and O–H groups in total. The van der Waals surface area contributed by atoms with E-state index in [1.54, 1.807) is 28.8 Å². The molecule has 3 aromatic rings. The number of hydrogen-bond acceptors (Lipinski definition) is 6. The van der Waals surface area contributed by atoms with Crippen molar-refractivity contribution in [2.24, 2.45) is 0 Å². The number of nitriles is 1. The van der Waals surface area contributed by atoms with Crippen LogP contribution in [0.5, 0.6) is 0 Å². The molecule has 0 radical (unpaired) electrons. The molecule has 2 aromatic heterocycles. The summed E-state index contributed by atoms with van der Waals surface area (Å²) >= 11 is 0. The van der Waals surface area contributed by atoms with Crippen molar-refractivity contribution in [1.82, 2.24) is 19.3 Å². The molecule has 1 aliphatic rings. The number of rotatable bonds is 4. The van der Waals surface area contributed by atoms with Crippen molar-refractivity contribution in [1.29, 1.82) is 5.26 Å². The minimum Gasteiger partial charge on any atom is -0.339 e. The highest BCUT2D eigenvalue weighted by Gasteiger charge is 2.25. The minimum atomic E-state index is -0.407. The molecule has 8 nitrogen and oxygen atoms in total. The predicted octanol–water partition coefficient (Wildman–Crippen LogP) is 2.27. The minimum absolute atomic E-state index is 0.120. The maximum absolute atomic E-state index is 13.4. The van der Waals surface area contributed by atoms with Crippen LogP contribution >= 0.6 is 0 Å². The number of fused-ring (bicyclic) bond motifs is 1. The first-order chi connectivity index (χ1) is 14.1. The van der Waals surface area contributed by atoms with E-state index in [9.17, 15) is 9.59 Å². The summed E-state index contributed by atoms with van der Waals surface area (Å²) in [5.74, 6) is 0.697. The summed E-state index contributed by atoms with van der Waals surface area (Å²) in [4.78, 5) is 30.9. The van der Waals surface area contributed by atoms with Gasteiger partial charge in [-0.05, 0) is 37.0 Å². The van der Waals surface area contributed by atoms with Gasteiger partial charge in [0.05, 0.1) is 18.2 Å². The molecule has 148 valence electrons. The molecule has 0 atom stereocenters. The lowest BCUT2D eigenvalue weighted by molar-refractivity contribution is 0.382. The first-order valence-corrected chi connectivity index (χ1v) is 9.81. The molecule has 8 heteroatoms. The first-order valence-electron chi connectivity index (χ1n) is 9.81. The van der Waals surface area contributed by atoms with E-state index in [1.165, 1.54) is 4.57 Å². The van der Waals surface area contributed by atoms with Gasteiger partial charge in [-0.1, -0.05) is 30.6 Å². The summed E-state index contributed by atoms with van der Waals surface area (Å²) in [6, 6.07) is 8.92. The second kappa shape index (κ2) is 7.87. The van der Waals surface area contributed by atoms with Crippen LogP contribution in [0.1, 0.15) is 48.9 Å². The summed E-state index contributed by atoms with van der Waals surface area (Å²) in [6.45, 7) is 2.58. The van der Waals surface area contributed by atoms with Crippen LogP contribution in [0.25, 0.3) is 11.4 Å². The molecule has 0 bridgehead atoms. The lowest BCUT2D eigenvalue weighted by Gasteiger charge is -2.16. The molecule has 3 heterocycles. The molecule has 0 saturated heterocycles. The second-order valence-corrected chi connectivity index (χ2v) is 7.13. The molecule has 0 aliphatic carbocycles. The molecule has 29 heavy (non-hydrogen) atoms. The average Bonchev–Trinajstić information content (AvgIpc) is 3.08. The third-order valence-corrected chi connectivity index (χ3v) is 5.25. The summed E-state index contributed by atoms with van der Waals surface area (Å²) < 4.78 is 8.15. The molecule has 1 aromatic carbocycles. The van der Waals surface area contributed by atoms with Gasteiger partial charge < -0.3 is 4.52 Å². The van der Waals surface area contributed by atoms with Gasteiger partial charge in [0.2, 0.25) is 11.7 Å². The van der Waals surface area contributed by atoms with Crippen LogP contribution in [0.2, 0.25) is 0 Å². The number of nitrogens with zero attached hydrogens (tertiary/aromatic N) is 5. The lowest BCUT2D eigenvalue weighted by Crippen LogP contribution is -2.42. The smallest absolute Gasteiger partial charge is 0.331 e. The fourth-order valence-corrected chi connectivity index (χ4v) is 3.70. The Morgan fingerprint density at radius 1 is 1.17 bits per heavy atom. The van der Waals surface area contributed by atoms with Gasteiger partial charge >= 0.3 is 5.69 Å². The Labute approximate surface area is 167 Å². The van der Waals surface area contributed by atoms with Crippen LogP contribution in [-0.2, 0) is 25.9 Å². The Morgan fingerprint density at radius 3 is 2.66 bits per heavy atom. The zero-order valence-corrected chi connectivity index (χ0v) is 16.2. The van der Waals surface area contributed by atoms with Crippen molar-refractivity contribution in [3.05, 3.63) is 67.8 Å². The van der Waals surface area contributed by atoms with Gasteiger partial charge in [-0.25, -0.2) is 4.79 Å². The fraction of sp³-hybridized carbons (Fsp3) is 0.381. The SMILES string of the molecule is CCc1nc(-c2c3n(c(=O)n(Cc4ccc(C#N)cc4)c2=O)CCCCC3)no1. The van der Waals surface area contributed by atoms with E-state index in [0.717, 1.165) is 24.8 Å². The van der Waals surface area contributed by atoms with Crippen molar-refractivity contribution in [2.45, 2.75) is 52.1 Å². The highest BCUT2D eigenvalue weighted by molar-refractivity contribution is 5.56. The van der Waals surface area contributed by atoms with Crippen LogP contribution in [-0.4, -0.2) is 19.3 Å². The molecule has 0 fully saturated rings. The summed E-state index contributed by atoms with van der Waals surface area (Å²) in [7, 11) is 0. The highest BCUT2D eigenvalue weighted by atomic mass is 16.5. The van der Waals surface area contributed by atoms with Crippen molar-refractivity contribution in [2.75, 3.05) is 0 Å². The molecule has 0 unspecified atom stereocenters. The number of benzene rings is 1. The highest BCUT2D eigenvalue weighted by Crippen LogP contribution is 2.22. The van der Waals surface area contributed by atoms with Crippen molar-refractivity contribution < 1.29 is 4.52 Å². The largest absolute Gasteiger partial charge is 0.339 e. The van der Waals surface area contributed by atoms with Gasteiger partial charge in [0.1, 0.15) is 5.56 Å². The Bertz CT molecular complexity index is 1200. The topological polar surface area (TPSA) is 107 Å².